The Bertz CT molecular complexity index is 302. The van der Waals surface area contributed by atoms with Crippen LogP contribution in [0.15, 0.2) is 0 Å². The molecule has 1 unspecified atom stereocenters. The molecule has 0 rings (SSSR count). The van der Waals surface area contributed by atoms with Gasteiger partial charge in [-0.15, -0.1) is 0 Å². The van der Waals surface area contributed by atoms with Crippen LogP contribution in [0.4, 0.5) is 0 Å². The highest BCUT2D eigenvalue weighted by Crippen LogP contribution is 2.20. The Balaban J connectivity index is 4.44. The highest BCUT2D eigenvalue weighted by atomic mass is 16.2. The maximum Gasteiger partial charge on any atom is 0.225 e. The third kappa shape index (κ3) is 4.77. The lowest BCUT2D eigenvalue weighted by atomic mass is 9.85. The van der Waals surface area contributed by atoms with Crippen molar-refractivity contribution in [2.24, 2.45) is 11.1 Å². The third-order valence-corrected chi connectivity index (χ3v) is 2.38. The van der Waals surface area contributed by atoms with Gasteiger partial charge in [-0.1, -0.05) is 20.8 Å². The number of nitrogens with two attached hydrogens (primary N) is 1. The summed E-state index contributed by atoms with van der Waals surface area (Å²) in [7, 11) is 0. The minimum atomic E-state index is -0.278. The van der Waals surface area contributed by atoms with Crippen LogP contribution in [-0.2, 0) is 4.79 Å². The fourth-order valence-corrected chi connectivity index (χ4v) is 1.03. The van der Waals surface area contributed by atoms with Crippen LogP contribution >= 0.6 is 0 Å². The Morgan fingerprint density at radius 3 is 2.06 bits per heavy atom. The maximum atomic E-state index is 11.7. The fraction of sp³-hybridized carbons (Fsp3) is 0.727. The highest BCUT2D eigenvalue weighted by Gasteiger charge is 2.25. The van der Waals surface area contributed by atoms with Crippen molar-refractivity contribution in [3.05, 3.63) is 0 Å². The lowest BCUT2D eigenvalue weighted by molar-refractivity contribution is -0.130. The Hall–Kier alpha value is -1.59. The molecule has 1 amide bonds. The van der Waals surface area contributed by atoms with Crippen molar-refractivity contribution in [3.63, 3.8) is 0 Å². The quantitative estimate of drug-likeness (QED) is 0.706. The van der Waals surface area contributed by atoms with Crippen LogP contribution in [0.3, 0.4) is 0 Å². The maximum absolute atomic E-state index is 11.7. The summed E-state index contributed by atoms with van der Waals surface area (Å²) in [6.07, 6.45) is 0.160. The first-order chi connectivity index (χ1) is 7.32. The summed E-state index contributed by atoms with van der Waals surface area (Å²) in [5.41, 5.74) is 5.70. The number of hydrogen-bond donors (Lipinski definition) is 1. The van der Waals surface area contributed by atoms with Gasteiger partial charge in [0, 0.05) is 12.5 Å². The second-order valence-corrected chi connectivity index (χ2v) is 4.74. The molecule has 0 saturated carbocycles. The predicted octanol–water partition coefficient (Wildman–Crippen LogP) is 0.626. The number of carbonyl (C=O) groups excluding carboxylic acids is 1. The number of hydrogen-bond acceptors (Lipinski definition) is 4. The zero-order chi connectivity index (χ0) is 12.8. The molecule has 88 valence electrons. The number of rotatable bonds is 4. The van der Waals surface area contributed by atoms with Gasteiger partial charge < -0.3 is 10.6 Å². The fourth-order valence-electron chi connectivity index (χ4n) is 1.03. The van der Waals surface area contributed by atoms with Crippen LogP contribution in [0.1, 0.15) is 27.2 Å². The van der Waals surface area contributed by atoms with E-state index in [4.69, 9.17) is 16.3 Å². The van der Waals surface area contributed by atoms with Crippen LogP contribution in [-0.4, -0.2) is 29.9 Å². The third-order valence-electron chi connectivity index (χ3n) is 2.38. The van der Waals surface area contributed by atoms with Crippen molar-refractivity contribution in [3.8, 4) is 12.1 Å². The Kier molecular flexibility index (Phi) is 5.49. The van der Waals surface area contributed by atoms with Crippen LogP contribution in [0, 0.1) is 28.1 Å². The normalized spacial score (nSPS) is 12.4. The van der Waals surface area contributed by atoms with Crippen molar-refractivity contribution in [2.75, 3.05) is 13.1 Å². The molecular formula is C11H18N4O. The molecule has 0 saturated heterocycles. The van der Waals surface area contributed by atoms with Gasteiger partial charge in [-0.2, -0.15) is 10.5 Å². The van der Waals surface area contributed by atoms with Crippen molar-refractivity contribution in [1.82, 2.24) is 4.90 Å². The Morgan fingerprint density at radius 2 is 1.75 bits per heavy atom. The average Bonchev–Trinajstić information content (AvgIpc) is 2.15. The van der Waals surface area contributed by atoms with Gasteiger partial charge >= 0.3 is 0 Å². The molecule has 0 spiro atoms. The summed E-state index contributed by atoms with van der Waals surface area (Å²) in [5.74, 6) is -0.245. The van der Waals surface area contributed by atoms with Crippen LogP contribution in [0.2, 0.25) is 0 Å². The molecule has 1 atom stereocenters. The molecule has 0 heterocycles. The molecule has 0 bridgehead atoms. The van der Waals surface area contributed by atoms with Gasteiger partial charge in [-0.25, -0.2) is 0 Å². The second-order valence-electron chi connectivity index (χ2n) is 4.74. The summed E-state index contributed by atoms with van der Waals surface area (Å²) >= 11 is 0. The number of amides is 1. The zero-order valence-electron chi connectivity index (χ0n) is 10.0. The smallest absolute Gasteiger partial charge is 0.225 e. The summed E-state index contributed by atoms with van der Waals surface area (Å²) in [4.78, 5) is 12.9. The van der Waals surface area contributed by atoms with Crippen LogP contribution in [0.5, 0.6) is 0 Å². The molecule has 0 fully saturated rings. The van der Waals surface area contributed by atoms with Crippen molar-refractivity contribution in [2.45, 2.75) is 33.2 Å². The molecule has 0 aromatic carbocycles. The molecular weight excluding hydrogens is 204 g/mol. The SMILES string of the molecule is CC(C)(C)C(N)CC(=O)N(CC#N)CC#N. The molecule has 0 aromatic rings. The molecule has 0 aliphatic heterocycles. The van der Waals surface area contributed by atoms with Crippen molar-refractivity contribution < 1.29 is 4.79 Å². The van der Waals surface area contributed by atoms with E-state index in [1.807, 2.05) is 32.9 Å². The molecule has 16 heavy (non-hydrogen) atoms. The first-order valence-electron chi connectivity index (χ1n) is 5.10. The van der Waals surface area contributed by atoms with Gasteiger partial charge in [0.15, 0.2) is 0 Å². The average molecular weight is 222 g/mol. The number of carbonyl (C=O) groups is 1. The largest absolute Gasteiger partial charge is 0.327 e. The standard InChI is InChI=1S/C11H18N4O/c1-11(2,3)9(14)8-10(16)15(6-4-12)7-5-13/h9H,6-8,14H2,1-3H3. The second kappa shape index (κ2) is 6.09. The Labute approximate surface area is 96.4 Å². The highest BCUT2D eigenvalue weighted by molar-refractivity contribution is 5.77. The Morgan fingerprint density at radius 1 is 1.31 bits per heavy atom. The summed E-state index contributed by atoms with van der Waals surface area (Å²) < 4.78 is 0. The van der Waals surface area contributed by atoms with Crippen molar-refractivity contribution >= 4 is 5.91 Å². The van der Waals surface area contributed by atoms with E-state index >= 15 is 0 Å². The van der Waals surface area contributed by atoms with Gasteiger partial charge in [0.25, 0.3) is 0 Å². The minimum Gasteiger partial charge on any atom is -0.327 e. The first kappa shape index (κ1) is 14.4. The van der Waals surface area contributed by atoms with E-state index in [0.29, 0.717) is 0 Å². The van der Waals surface area contributed by atoms with Gasteiger partial charge in [-0.05, 0) is 5.41 Å². The van der Waals surface area contributed by atoms with E-state index in [9.17, 15) is 4.79 Å². The van der Waals surface area contributed by atoms with Gasteiger partial charge in [-0.3, -0.25) is 4.79 Å². The van der Waals surface area contributed by atoms with Gasteiger partial charge in [0.2, 0.25) is 5.91 Å². The molecule has 2 N–H and O–H groups in total. The topological polar surface area (TPSA) is 93.9 Å². The van der Waals surface area contributed by atoms with E-state index in [-0.39, 0.29) is 36.9 Å². The van der Waals surface area contributed by atoms with E-state index in [1.54, 1.807) is 0 Å². The van der Waals surface area contributed by atoms with E-state index in [2.05, 4.69) is 0 Å². The predicted molar refractivity (Wildman–Crippen MR) is 59.9 cm³/mol. The first-order valence-corrected chi connectivity index (χ1v) is 5.10. The molecule has 0 aromatic heterocycles. The van der Waals surface area contributed by atoms with Crippen LogP contribution < -0.4 is 5.73 Å². The lowest BCUT2D eigenvalue weighted by Gasteiger charge is -2.28. The monoisotopic (exact) mass is 222 g/mol. The number of nitriles is 2. The molecule has 0 aliphatic carbocycles. The molecule has 0 aliphatic rings. The molecule has 5 nitrogen and oxygen atoms in total. The summed E-state index contributed by atoms with van der Waals surface area (Å²) in [5, 5.41) is 17.0. The lowest BCUT2D eigenvalue weighted by Crippen LogP contribution is -2.42. The summed E-state index contributed by atoms with van der Waals surface area (Å²) in [6, 6.07) is 3.44. The number of nitrogens with zero attached hydrogens (tertiary/aromatic N) is 3. The minimum absolute atomic E-state index is 0.0662. The molecule has 0 radical (unpaired) electrons. The van der Waals surface area contributed by atoms with Gasteiger partial charge in [0.1, 0.15) is 13.1 Å². The van der Waals surface area contributed by atoms with Crippen molar-refractivity contribution in [1.29, 1.82) is 10.5 Å². The zero-order valence-corrected chi connectivity index (χ0v) is 10.0. The van der Waals surface area contributed by atoms with E-state index in [0.717, 1.165) is 0 Å². The summed E-state index contributed by atoms with van der Waals surface area (Å²) in [6.45, 7) is 5.71. The van der Waals surface area contributed by atoms with Gasteiger partial charge in [0.05, 0.1) is 12.1 Å². The van der Waals surface area contributed by atoms with E-state index in [1.165, 1.54) is 4.90 Å². The molecule has 5 heteroatoms. The van der Waals surface area contributed by atoms with Crippen LogP contribution in [0.25, 0.3) is 0 Å². The van der Waals surface area contributed by atoms with E-state index < -0.39 is 0 Å².